The fourth-order valence-corrected chi connectivity index (χ4v) is 4.82. The van der Waals surface area contributed by atoms with Crippen LogP contribution in [0.5, 0.6) is 0 Å². The number of unbranched alkanes of at least 4 members (excludes halogenated alkanes) is 1. The number of amides is 1. The Bertz CT molecular complexity index is 1490. The zero-order chi connectivity index (χ0) is 25.8. The van der Waals surface area contributed by atoms with Crippen molar-refractivity contribution in [2.45, 2.75) is 32.7 Å². The van der Waals surface area contributed by atoms with Gasteiger partial charge in [-0.2, -0.15) is 5.11 Å². The number of amidine groups is 1. The van der Waals surface area contributed by atoms with Crippen molar-refractivity contribution < 1.29 is 4.79 Å². The smallest absolute Gasteiger partial charge is 0.268 e. The lowest BCUT2D eigenvalue weighted by molar-refractivity contribution is 0.0991. The van der Waals surface area contributed by atoms with Gasteiger partial charge in [0.15, 0.2) is 17.7 Å². The Hall–Kier alpha value is -4.10. The number of carbonyl (C=O) groups is 1. The van der Waals surface area contributed by atoms with E-state index in [-0.39, 0.29) is 10.8 Å². The molecule has 3 aromatic carbocycles. The number of primary amides is 1. The average Bonchev–Trinajstić information content (AvgIpc) is 3.56. The molecule has 0 aliphatic carbocycles. The van der Waals surface area contributed by atoms with Gasteiger partial charge < -0.3 is 10.3 Å². The minimum Gasteiger partial charge on any atom is -0.364 e. The monoisotopic (exact) mass is 510 g/mol. The fourth-order valence-electron chi connectivity index (χ4n) is 4.53. The van der Waals surface area contributed by atoms with E-state index in [1.165, 1.54) is 0 Å². The molecule has 1 amide bonds. The zero-order valence-corrected chi connectivity index (χ0v) is 21.3. The fraction of sp³-hybridized carbons (Fsp3) is 0.207. The van der Waals surface area contributed by atoms with Gasteiger partial charge in [0.05, 0.1) is 0 Å². The van der Waals surface area contributed by atoms with E-state index in [0.29, 0.717) is 19.0 Å². The lowest BCUT2D eigenvalue weighted by Gasteiger charge is -2.13. The summed E-state index contributed by atoms with van der Waals surface area (Å²) in [6.45, 7) is 2.92. The van der Waals surface area contributed by atoms with Gasteiger partial charge in [-0.1, -0.05) is 85.6 Å². The Morgan fingerprint density at radius 3 is 2.41 bits per heavy atom. The number of aliphatic imine (C=N–C) groups is 1. The van der Waals surface area contributed by atoms with Crippen molar-refractivity contribution in [1.29, 1.82) is 0 Å². The van der Waals surface area contributed by atoms with Crippen LogP contribution in [0.15, 0.2) is 88.0 Å². The standard InChI is InChI=1S/C29H27ClN6O/c1-2-3-9-25-34-27(30)26(28(31)37)36(25)17-19-10-12-21(13-11-19)24-16-22(20-7-5-4-6-8-20)14-15-23(24)29-32-18-33-35-29/h4-8,10-16H,2-3,9,17-18H2,1H3,(H2,31,37). The van der Waals surface area contributed by atoms with Crippen LogP contribution in [0.3, 0.4) is 0 Å². The molecule has 7 nitrogen and oxygen atoms in total. The number of imidazole rings is 1. The number of nitrogens with zero attached hydrogens (tertiary/aromatic N) is 5. The van der Waals surface area contributed by atoms with Crippen molar-refractivity contribution in [1.82, 2.24) is 9.55 Å². The van der Waals surface area contributed by atoms with Crippen LogP contribution in [0.2, 0.25) is 5.15 Å². The highest BCUT2D eigenvalue weighted by Crippen LogP contribution is 2.32. The average molecular weight is 511 g/mol. The molecule has 0 radical (unpaired) electrons. The molecule has 8 heteroatoms. The van der Waals surface area contributed by atoms with E-state index in [0.717, 1.165) is 58.5 Å². The van der Waals surface area contributed by atoms with E-state index in [9.17, 15) is 4.79 Å². The van der Waals surface area contributed by atoms with E-state index in [1.807, 2.05) is 22.8 Å². The normalized spacial score (nSPS) is 12.6. The van der Waals surface area contributed by atoms with Crippen molar-refractivity contribution in [3.05, 3.63) is 101 Å². The third kappa shape index (κ3) is 5.22. The molecule has 0 unspecified atom stereocenters. The number of aromatic nitrogens is 2. The second kappa shape index (κ2) is 10.9. The van der Waals surface area contributed by atoms with Crippen LogP contribution in [-0.4, -0.2) is 28.0 Å². The van der Waals surface area contributed by atoms with Crippen molar-refractivity contribution in [3.63, 3.8) is 0 Å². The molecule has 0 fully saturated rings. The summed E-state index contributed by atoms with van der Waals surface area (Å²) in [5, 5.41) is 8.43. The largest absolute Gasteiger partial charge is 0.364 e. The third-order valence-electron chi connectivity index (χ3n) is 6.41. The highest BCUT2D eigenvalue weighted by Gasteiger charge is 2.20. The van der Waals surface area contributed by atoms with Crippen LogP contribution < -0.4 is 5.73 Å². The van der Waals surface area contributed by atoms with Gasteiger partial charge in [0.25, 0.3) is 5.91 Å². The molecule has 1 aliphatic heterocycles. The number of carbonyl (C=O) groups excluding carboxylic acids is 1. The molecule has 5 rings (SSSR count). The Labute approximate surface area is 220 Å². The van der Waals surface area contributed by atoms with E-state index in [1.54, 1.807) is 0 Å². The van der Waals surface area contributed by atoms with Crippen LogP contribution in [0.4, 0.5) is 0 Å². The Balaban J connectivity index is 1.51. The molecule has 0 saturated carbocycles. The summed E-state index contributed by atoms with van der Waals surface area (Å²) >= 11 is 6.28. The molecular weight excluding hydrogens is 484 g/mol. The lowest BCUT2D eigenvalue weighted by Crippen LogP contribution is -2.19. The second-order valence-electron chi connectivity index (χ2n) is 8.91. The molecule has 0 atom stereocenters. The molecule has 1 aromatic heterocycles. The van der Waals surface area contributed by atoms with Gasteiger partial charge >= 0.3 is 0 Å². The molecular formula is C29H27ClN6O. The first-order valence-corrected chi connectivity index (χ1v) is 12.7. The summed E-state index contributed by atoms with van der Waals surface area (Å²) in [5.41, 5.74) is 12.1. The first-order valence-electron chi connectivity index (χ1n) is 12.3. The SMILES string of the molecule is CCCCc1nc(Cl)c(C(N)=O)n1Cc1ccc(-c2cc(-c3ccccc3)ccc2C2=NCN=N2)cc1. The maximum Gasteiger partial charge on any atom is 0.268 e. The van der Waals surface area contributed by atoms with Crippen LogP contribution >= 0.6 is 11.6 Å². The lowest BCUT2D eigenvalue weighted by atomic mass is 9.93. The van der Waals surface area contributed by atoms with Crippen molar-refractivity contribution in [2.24, 2.45) is 21.0 Å². The van der Waals surface area contributed by atoms with Crippen molar-refractivity contribution in [3.8, 4) is 22.3 Å². The number of azo groups is 1. The van der Waals surface area contributed by atoms with Crippen LogP contribution in [0.1, 0.15) is 47.2 Å². The number of hydrogen-bond acceptors (Lipinski definition) is 5. The van der Waals surface area contributed by atoms with Gasteiger partial charge in [0.2, 0.25) is 0 Å². The molecule has 4 aromatic rings. The molecule has 2 heterocycles. The highest BCUT2D eigenvalue weighted by atomic mass is 35.5. The van der Waals surface area contributed by atoms with Crippen LogP contribution in [0, 0.1) is 0 Å². The topological polar surface area (TPSA) is 98.0 Å². The maximum atomic E-state index is 12.1. The van der Waals surface area contributed by atoms with Gasteiger partial charge in [-0.15, -0.1) is 5.11 Å². The quantitative estimate of drug-likeness (QED) is 0.277. The summed E-state index contributed by atoms with van der Waals surface area (Å²) < 4.78 is 1.84. The number of nitrogens with two attached hydrogens (primary N) is 1. The van der Waals surface area contributed by atoms with Gasteiger partial charge in [-0.3, -0.25) is 4.79 Å². The summed E-state index contributed by atoms with van der Waals surface area (Å²) in [6.07, 6.45) is 2.69. The summed E-state index contributed by atoms with van der Waals surface area (Å²) in [7, 11) is 0. The van der Waals surface area contributed by atoms with Crippen molar-refractivity contribution >= 4 is 23.3 Å². The minimum absolute atomic E-state index is 0.157. The molecule has 0 saturated heterocycles. The first kappa shape index (κ1) is 24.6. The van der Waals surface area contributed by atoms with Crippen molar-refractivity contribution in [2.75, 3.05) is 6.67 Å². The Morgan fingerprint density at radius 2 is 1.73 bits per heavy atom. The van der Waals surface area contributed by atoms with E-state index >= 15 is 0 Å². The summed E-state index contributed by atoms with van der Waals surface area (Å²) in [5.74, 6) is 0.830. The Morgan fingerprint density at radius 1 is 0.973 bits per heavy atom. The molecule has 2 N–H and O–H groups in total. The Kier molecular flexibility index (Phi) is 7.23. The minimum atomic E-state index is -0.578. The predicted molar refractivity (Wildman–Crippen MR) is 147 cm³/mol. The predicted octanol–water partition coefficient (Wildman–Crippen LogP) is 6.53. The number of hydrogen-bond donors (Lipinski definition) is 1. The number of halogens is 1. The number of rotatable bonds is 9. The number of aryl methyl sites for hydroxylation is 1. The highest BCUT2D eigenvalue weighted by molar-refractivity contribution is 6.32. The van der Waals surface area contributed by atoms with E-state index < -0.39 is 5.91 Å². The third-order valence-corrected chi connectivity index (χ3v) is 6.68. The van der Waals surface area contributed by atoms with Gasteiger partial charge in [-0.05, 0) is 46.4 Å². The molecule has 0 bridgehead atoms. The van der Waals surface area contributed by atoms with E-state index in [4.69, 9.17) is 17.3 Å². The van der Waals surface area contributed by atoms with E-state index in [2.05, 4.69) is 81.7 Å². The van der Waals surface area contributed by atoms with Crippen LogP contribution in [0.25, 0.3) is 22.3 Å². The number of benzene rings is 3. The zero-order valence-electron chi connectivity index (χ0n) is 20.6. The maximum absolute atomic E-state index is 12.1. The molecule has 1 aliphatic rings. The molecule has 0 spiro atoms. The molecule has 37 heavy (non-hydrogen) atoms. The van der Waals surface area contributed by atoms with Gasteiger partial charge in [0, 0.05) is 18.5 Å². The summed E-state index contributed by atoms with van der Waals surface area (Å²) in [4.78, 5) is 21.0. The van der Waals surface area contributed by atoms with Gasteiger partial charge in [-0.25, -0.2) is 9.98 Å². The second-order valence-corrected chi connectivity index (χ2v) is 9.27. The first-order chi connectivity index (χ1) is 18.0. The summed E-state index contributed by atoms with van der Waals surface area (Å²) in [6, 6.07) is 24.8. The van der Waals surface area contributed by atoms with Crippen LogP contribution in [-0.2, 0) is 13.0 Å². The van der Waals surface area contributed by atoms with Gasteiger partial charge in [0.1, 0.15) is 11.5 Å². The molecule has 186 valence electrons.